The smallest absolute Gasteiger partial charge is 0.143 e. The van der Waals surface area contributed by atoms with Crippen LogP contribution in [0.1, 0.15) is 5.48 Å². The number of furan rings is 1. The number of hydrogen-bond acceptors (Lipinski definition) is 1. The molecule has 8 aromatic carbocycles. The second-order valence-electron chi connectivity index (χ2n) is 10.9. The zero-order chi connectivity index (χ0) is 31.8. The standard InChI is InChI=1S/C42H26O/c1-2-11-27(12-3-1)28-21-23-29(24-22-28)40-32-15-6-8-17-34(32)41(35-18-9-7-16-33(35)40)37-20-10-19-36-38-25-30-13-4-5-14-31(30)26-39(38)43-42(36)37/h1-26H/i21D,22D,23D,24D. The summed E-state index contributed by atoms with van der Waals surface area (Å²) in [5.74, 6) is 0. The fourth-order valence-electron chi connectivity index (χ4n) is 6.55. The average molecular weight is 551 g/mol. The van der Waals surface area contributed by atoms with E-state index in [9.17, 15) is 2.74 Å². The van der Waals surface area contributed by atoms with E-state index in [1.807, 2.05) is 72.8 Å². The molecule has 0 aliphatic rings. The molecule has 1 aromatic heterocycles. The number of hydrogen-bond donors (Lipinski definition) is 0. The molecule has 9 aromatic rings. The van der Waals surface area contributed by atoms with Crippen LogP contribution in [-0.4, -0.2) is 0 Å². The Hall–Kier alpha value is -5.66. The van der Waals surface area contributed by atoms with Crippen LogP contribution >= 0.6 is 0 Å². The van der Waals surface area contributed by atoms with Gasteiger partial charge in [0.25, 0.3) is 0 Å². The van der Waals surface area contributed by atoms with Crippen molar-refractivity contribution in [1.82, 2.24) is 0 Å². The summed E-state index contributed by atoms with van der Waals surface area (Å²) >= 11 is 0. The van der Waals surface area contributed by atoms with Crippen molar-refractivity contribution >= 4 is 54.3 Å². The molecule has 0 amide bonds. The molecule has 0 atom stereocenters. The summed E-state index contributed by atoms with van der Waals surface area (Å²) in [4.78, 5) is 0. The highest BCUT2D eigenvalue weighted by Crippen LogP contribution is 2.46. The van der Waals surface area contributed by atoms with Crippen LogP contribution in [0, 0.1) is 0 Å². The van der Waals surface area contributed by atoms with E-state index in [1.54, 1.807) is 0 Å². The van der Waals surface area contributed by atoms with Gasteiger partial charge in [-0.2, -0.15) is 0 Å². The Morgan fingerprint density at radius 2 is 0.930 bits per heavy atom. The Labute approximate surface area is 254 Å². The van der Waals surface area contributed by atoms with Crippen LogP contribution in [0.2, 0.25) is 0 Å². The van der Waals surface area contributed by atoms with Crippen molar-refractivity contribution in [3.05, 3.63) is 158 Å². The van der Waals surface area contributed by atoms with Crippen molar-refractivity contribution in [3.63, 3.8) is 0 Å². The minimum absolute atomic E-state index is 0.0520. The Balaban J connectivity index is 1.39. The molecule has 9 rings (SSSR count). The van der Waals surface area contributed by atoms with E-state index in [1.165, 1.54) is 0 Å². The van der Waals surface area contributed by atoms with Crippen LogP contribution in [-0.2, 0) is 0 Å². The summed E-state index contributed by atoms with van der Waals surface area (Å²) < 4.78 is 43.3. The summed E-state index contributed by atoms with van der Waals surface area (Å²) in [5, 5.41) is 7.99. The van der Waals surface area contributed by atoms with Crippen molar-refractivity contribution in [2.45, 2.75) is 0 Å². The van der Waals surface area contributed by atoms with E-state index in [0.717, 1.165) is 65.4 Å². The predicted octanol–water partition coefficient (Wildman–Crippen LogP) is 12.0. The largest absolute Gasteiger partial charge is 0.455 e. The first-order valence-corrected chi connectivity index (χ1v) is 14.4. The lowest BCUT2D eigenvalue weighted by Crippen LogP contribution is -1.91. The quantitative estimate of drug-likeness (QED) is 0.199. The predicted molar refractivity (Wildman–Crippen MR) is 183 cm³/mol. The van der Waals surface area contributed by atoms with Crippen LogP contribution < -0.4 is 0 Å². The minimum Gasteiger partial charge on any atom is -0.455 e. The lowest BCUT2D eigenvalue weighted by molar-refractivity contribution is 0.670. The van der Waals surface area contributed by atoms with Gasteiger partial charge in [0.2, 0.25) is 0 Å². The zero-order valence-corrected chi connectivity index (χ0v) is 23.1. The molecule has 0 spiro atoms. The third-order valence-corrected chi connectivity index (χ3v) is 8.50. The van der Waals surface area contributed by atoms with Crippen molar-refractivity contribution < 1.29 is 9.90 Å². The molecule has 0 N–H and O–H groups in total. The SMILES string of the molecule is [2H]c1c([2H])c(-c2c3ccccc3c(-c3cccc4c3oc3cc5ccccc5cc34)c3ccccc23)c([2H])c([2H])c1-c1ccccc1. The van der Waals surface area contributed by atoms with Gasteiger partial charge in [0.05, 0.1) is 5.48 Å². The molecule has 0 aliphatic carbocycles. The summed E-state index contributed by atoms with van der Waals surface area (Å²) in [6, 6.07) is 44.0. The molecule has 0 saturated heterocycles. The fraction of sp³-hybridized carbons (Fsp3) is 0. The topological polar surface area (TPSA) is 13.1 Å². The Morgan fingerprint density at radius 3 is 1.60 bits per heavy atom. The third-order valence-electron chi connectivity index (χ3n) is 8.50. The summed E-state index contributed by atoms with van der Waals surface area (Å²) in [5.41, 5.74) is 5.56. The van der Waals surface area contributed by atoms with E-state index >= 15 is 0 Å². The Kier molecular flexibility index (Phi) is 4.45. The molecule has 0 unspecified atom stereocenters. The minimum atomic E-state index is -0.0561. The lowest BCUT2D eigenvalue weighted by Gasteiger charge is -2.18. The molecule has 1 heteroatoms. The Bertz CT molecular complexity index is 2640. The molecule has 0 radical (unpaired) electrons. The van der Waals surface area contributed by atoms with Gasteiger partial charge in [-0.15, -0.1) is 0 Å². The summed E-state index contributed by atoms with van der Waals surface area (Å²) in [6.07, 6.45) is 0. The van der Waals surface area contributed by atoms with Gasteiger partial charge in [-0.1, -0.05) is 145 Å². The van der Waals surface area contributed by atoms with Crippen molar-refractivity contribution in [1.29, 1.82) is 0 Å². The molecule has 43 heavy (non-hydrogen) atoms. The highest BCUT2D eigenvalue weighted by atomic mass is 16.3. The molecular formula is C42H26O. The van der Waals surface area contributed by atoms with Gasteiger partial charge in [0, 0.05) is 21.9 Å². The van der Waals surface area contributed by atoms with Crippen LogP contribution in [0.4, 0.5) is 0 Å². The van der Waals surface area contributed by atoms with Gasteiger partial charge in [-0.3, -0.25) is 0 Å². The molecule has 0 fully saturated rings. The van der Waals surface area contributed by atoms with E-state index in [2.05, 4.69) is 60.7 Å². The first kappa shape index (κ1) is 20.3. The fourth-order valence-corrected chi connectivity index (χ4v) is 6.55. The molecule has 1 nitrogen and oxygen atoms in total. The first-order chi connectivity index (χ1) is 23.0. The number of fused-ring (bicyclic) bond motifs is 6. The lowest BCUT2D eigenvalue weighted by atomic mass is 9.85. The normalized spacial score (nSPS) is 13.0. The Morgan fingerprint density at radius 1 is 0.395 bits per heavy atom. The number of rotatable bonds is 3. The maximum atomic E-state index is 9.25. The van der Waals surface area contributed by atoms with Gasteiger partial charge in [0.15, 0.2) is 0 Å². The molecule has 0 aliphatic heterocycles. The second-order valence-corrected chi connectivity index (χ2v) is 10.9. The monoisotopic (exact) mass is 550 g/mol. The number of benzene rings is 8. The van der Waals surface area contributed by atoms with Crippen molar-refractivity contribution in [2.24, 2.45) is 0 Å². The van der Waals surface area contributed by atoms with E-state index < -0.39 is 0 Å². The highest BCUT2D eigenvalue weighted by Gasteiger charge is 2.20. The van der Waals surface area contributed by atoms with Crippen LogP contribution in [0.3, 0.4) is 0 Å². The van der Waals surface area contributed by atoms with Gasteiger partial charge in [-0.05, 0) is 66.7 Å². The molecule has 200 valence electrons. The van der Waals surface area contributed by atoms with Gasteiger partial charge in [0.1, 0.15) is 11.2 Å². The average Bonchev–Trinajstić information content (AvgIpc) is 3.48. The number of para-hydroxylation sites is 1. The van der Waals surface area contributed by atoms with E-state index in [0.29, 0.717) is 22.3 Å². The van der Waals surface area contributed by atoms with Crippen LogP contribution in [0.15, 0.2) is 162 Å². The van der Waals surface area contributed by atoms with Gasteiger partial charge in [-0.25, -0.2) is 0 Å². The molecule has 1 heterocycles. The zero-order valence-electron chi connectivity index (χ0n) is 27.1. The third kappa shape index (κ3) is 3.72. The van der Waals surface area contributed by atoms with Crippen LogP contribution in [0.25, 0.3) is 87.6 Å². The highest BCUT2D eigenvalue weighted by molar-refractivity contribution is 6.24. The molecule has 0 saturated carbocycles. The maximum Gasteiger partial charge on any atom is 0.143 e. The van der Waals surface area contributed by atoms with Gasteiger partial charge < -0.3 is 4.42 Å². The molecule has 0 bridgehead atoms. The van der Waals surface area contributed by atoms with Gasteiger partial charge >= 0.3 is 0 Å². The van der Waals surface area contributed by atoms with E-state index in [-0.39, 0.29) is 24.2 Å². The van der Waals surface area contributed by atoms with Crippen LogP contribution in [0.5, 0.6) is 0 Å². The summed E-state index contributed by atoms with van der Waals surface area (Å²) in [7, 11) is 0. The van der Waals surface area contributed by atoms with E-state index in [4.69, 9.17) is 7.16 Å². The van der Waals surface area contributed by atoms with Crippen molar-refractivity contribution in [3.8, 4) is 33.4 Å². The van der Waals surface area contributed by atoms with Crippen molar-refractivity contribution in [2.75, 3.05) is 0 Å². The second kappa shape index (κ2) is 9.44. The first-order valence-electron chi connectivity index (χ1n) is 16.4. The summed E-state index contributed by atoms with van der Waals surface area (Å²) in [6.45, 7) is 0. The molecular weight excluding hydrogens is 520 g/mol. The maximum absolute atomic E-state index is 9.25.